The second-order valence-electron chi connectivity index (χ2n) is 3.11. The molecule has 1 aromatic rings. The highest BCUT2D eigenvalue weighted by Gasteiger charge is 2.07. The van der Waals surface area contributed by atoms with Gasteiger partial charge in [-0.3, -0.25) is 0 Å². The highest BCUT2D eigenvalue weighted by molar-refractivity contribution is 5.71. The van der Waals surface area contributed by atoms with Gasteiger partial charge in [0.15, 0.2) is 18.1 Å². The average Bonchev–Trinajstić information content (AvgIpc) is 2.36. The van der Waals surface area contributed by atoms with Gasteiger partial charge >= 0.3 is 5.97 Å². The van der Waals surface area contributed by atoms with Crippen LogP contribution in [0.4, 0.5) is 0 Å². The molecule has 1 aromatic carbocycles. The van der Waals surface area contributed by atoms with Crippen LogP contribution in [0.5, 0.6) is 17.2 Å². The number of benzene rings is 1. The molecule has 0 saturated carbocycles. The Morgan fingerprint density at radius 3 is 2.47 bits per heavy atom. The van der Waals surface area contributed by atoms with E-state index in [1.165, 1.54) is 7.11 Å². The summed E-state index contributed by atoms with van der Waals surface area (Å²) in [6.45, 7) is 1.96. The molecule has 0 spiro atoms. The summed E-state index contributed by atoms with van der Waals surface area (Å²) in [5.41, 5.74) is 0. The van der Waals surface area contributed by atoms with Gasteiger partial charge in [0, 0.05) is 6.07 Å². The molecule has 0 amide bonds. The maximum Gasteiger partial charge on any atom is 0.344 e. The topological polar surface area (TPSA) is 54.0 Å². The summed E-state index contributed by atoms with van der Waals surface area (Å²) in [7, 11) is 3.09. The van der Waals surface area contributed by atoms with Crippen molar-refractivity contribution in [2.75, 3.05) is 27.4 Å². The Kier molecular flexibility index (Phi) is 5.13. The highest BCUT2D eigenvalue weighted by Crippen LogP contribution is 2.30. The van der Waals surface area contributed by atoms with E-state index in [0.29, 0.717) is 23.9 Å². The van der Waals surface area contributed by atoms with Gasteiger partial charge in [0.05, 0.1) is 20.8 Å². The van der Waals surface area contributed by atoms with Crippen LogP contribution in [-0.2, 0) is 9.53 Å². The van der Waals surface area contributed by atoms with Crippen molar-refractivity contribution in [3.8, 4) is 17.2 Å². The fraction of sp³-hybridized carbons (Fsp3) is 0.417. The first-order chi connectivity index (χ1) is 8.21. The van der Waals surface area contributed by atoms with Crippen molar-refractivity contribution >= 4 is 5.97 Å². The molecular weight excluding hydrogens is 224 g/mol. The lowest BCUT2D eigenvalue weighted by Crippen LogP contribution is -2.14. The van der Waals surface area contributed by atoms with Crippen molar-refractivity contribution in [1.29, 1.82) is 0 Å². The molecule has 0 aliphatic heterocycles. The van der Waals surface area contributed by atoms with E-state index in [1.807, 2.05) is 0 Å². The molecule has 0 fully saturated rings. The molecule has 1 rings (SSSR count). The first-order valence-electron chi connectivity index (χ1n) is 5.21. The van der Waals surface area contributed by atoms with Gasteiger partial charge in [-0.2, -0.15) is 0 Å². The zero-order valence-corrected chi connectivity index (χ0v) is 10.2. The third kappa shape index (κ3) is 3.86. The van der Waals surface area contributed by atoms with Gasteiger partial charge in [0.2, 0.25) is 0 Å². The first kappa shape index (κ1) is 13.2. The van der Waals surface area contributed by atoms with Crippen LogP contribution in [0.3, 0.4) is 0 Å². The van der Waals surface area contributed by atoms with Crippen LogP contribution >= 0.6 is 0 Å². The number of rotatable bonds is 6. The maximum absolute atomic E-state index is 11.1. The Hall–Kier alpha value is -1.91. The molecule has 0 radical (unpaired) electrons. The van der Waals surface area contributed by atoms with E-state index in [0.717, 1.165) is 0 Å². The number of ether oxygens (including phenoxy) is 4. The second kappa shape index (κ2) is 6.62. The number of carbonyl (C=O) groups excluding carboxylic acids is 1. The van der Waals surface area contributed by atoms with Gasteiger partial charge in [0.25, 0.3) is 0 Å². The molecule has 5 nitrogen and oxygen atoms in total. The average molecular weight is 240 g/mol. The molecule has 0 bridgehead atoms. The Morgan fingerprint density at radius 1 is 1.18 bits per heavy atom. The molecule has 0 aliphatic carbocycles. The standard InChI is InChI=1S/C12H16O5/c1-4-16-12(13)8-17-9-5-6-10(14-2)11(7-9)15-3/h5-7H,4,8H2,1-3H3. The third-order valence-corrected chi connectivity index (χ3v) is 2.02. The number of carbonyl (C=O) groups is 1. The number of methoxy groups -OCH3 is 2. The van der Waals surface area contributed by atoms with E-state index in [1.54, 1.807) is 32.2 Å². The Labute approximate surface area is 100 Å². The number of hydrogen-bond donors (Lipinski definition) is 0. The van der Waals surface area contributed by atoms with Crippen molar-refractivity contribution in [1.82, 2.24) is 0 Å². The fourth-order valence-corrected chi connectivity index (χ4v) is 1.25. The molecule has 0 N–H and O–H groups in total. The summed E-state index contributed by atoms with van der Waals surface area (Å²) in [4.78, 5) is 11.1. The minimum Gasteiger partial charge on any atom is -0.493 e. The predicted octanol–water partition coefficient (Wildman–Crippen LogP) is 1.65. The molecule has 17 heavy (non-hydrogen) atoms. The van der Waals surface area contributed by atoms with Crippen molar-refractivity contribution < 1.29 is 23.7 Å². The second-order valence-corrected chi connectivity index (χ2v) is 3.11. The van der Waals surface area contributed by atoms with Gasteiger partial charge in [0.1, 0.15) is 5.75 Å². The molecule has 0 unspecified atom stereocenters. The van der Waals surface area contributed by atoms with E-state index in [2.05, 4.69) is 0 Å². The molecular formula is C12H16O5. The molecule has 0 atom stereocenters. The summed E-state index contributed by atoms with van der Waals surface area (Å²) in [5, 5.41) is 0. The van der Waals surface area contributed by atoms with Gasteiger partial charge in [-0.15, -0.1) is 0 Å². The van der Waals surface area contributed by atoms with Crippen molar-refractivity contribution in [3.63, 3.8) is 0 Å². The van der Waals surface area contributed by atoms with Gasteiger partial charge in [-0.05, 0) is 19.1 Å². The lowest BCUT2D eigenvalue weighted by atomic mass is 10.3. The smallest absolute Gasteiger partial charge is 0.344 e. The minimum atomic E-state index is -0.401. The van der Waals surface area contributed by atoms with Crippen LogP contribution in [0.25, 0.3) is 0 Å². The van der Waals surface area contributed by atoms with E-state index < -0.39 is 5.97 Å². The quantitative estimate of drug-likeness (QED) is 0.707. The van der Waals surface area contributed by atoms with Crippen LogP contribution in [-0.4, -0.2) is 33.4 Å². The number of hydrogen-bond acceptors (Lipinski definition) is 5. The van der Waals surface area contributed by atoms with Crippen molar-refractivity contribution in [3.05, 3.63) is 18.2 Å². The molecule has 0 aliphatic rings. The normalized spacial score (nSPS) is 9.59. The Morgan fingerprint density at radius 2 is 1.88 bits per heavy atom. The van der Waals surface area contributed by atoms with Gasteiger partial charge in [-0.25, -0.2) is 4.79 Å². The summed E-state index contributed by atoms with van der Waals surface area (Å²) in [6, 6.07) is 5.05. The third-order valence-electron chi connectivity index (χ3n) is 2.02. The van der Waals surface area contributed by atoms with Crippen molar-refractivity contribution in [2.45, 2.75) is 6.92 Å². The molecule has 0 heterocycles. The molecule has 5 heteroatoms. The van der Waals surface area contributed by atoms with Crippen LogP contribution in [0, 0.1) is 0 Å². The van der Waals surface area contributed by atoms with E-state index in [4.69, 9.17) is 18.9 Å². The monoisotopic (exact) mass is 240 g/mol. The lowest BCUT2D eigenvalue weighted by Gasteiger charge is -2.10. The van der Waals surface area contributed by atoms with Crippen LogP contribution in [0.1, 0.15) is 6.92 Å². The summed E-state index contributed by atoms with van der Waals surface area (Å²) in [5.74, 6) is 1.28. The van der Waals surface area contributed by atoms with Crippen LogP contribution in [0.2, 0.25) is 0 Å². The predicted molar refractivity (Wildman–Crippen MR) is 61.7 cm³/mol. The summed E-state index contributed by atoms with van der Waals surface area (Å²) < 4.78 is 20.2. The van der Waals surface area contributed by atoms with Crippen molar-refractivity contribution in [2.24, 2.45) is 0 Å². The minimum absolute atomic E-state index is 0.122. The highest BCUT2D eigenvalue weighted by atomic mass is 16.6. The van der Waals surface area contributed by atoms with E-state index in [9.17, 15) is 4.79 Å². The largest absolute Gasteiger partial charge is 0.493 e. The molecule has 0 aromatic heterocycles. The van der Waals surface area contributed by atoms with Crippen LogP contribution < -0.4 is 14.2 Å². The molecule has 0 saturated heterocycles. The fourth-order valence-electron chi connectivity index (χ4n) is 1.25. The van der Waals surface area contributed by atoms with E-state index >= 15 is 0 Å². The van der Waals surface area contributed by atoms with E-state index in [-0.39, 0.29) is 6.61 Å². The van der Waals surface area contributed by atoms with Gasteiger partial charge < -0.3 is 18.9 Å². The lowest BCUT2D eigenvalue weighted by molar-refractivity contribution is -0.145. The summed E-state index contributed by atoms with van der Waals surface area (Å²) >= 11 is 0. The maximum atomic E-state index is 11.1. The SMILES string of the molecule is CCOC(=O)COc1ccc(OC)c(OC)c1. The Balaban J connectivity index is 2.63. The van der Waals surface area contributed by atoms with Gasteiger partial charge in [-0.1, -0.05) is 0 Å². The Bertz CT molecular complexity index is 375. The zero-order chi connectivity index (χ0) is 12.7. The zero-order valence-electron chi connectivity index (χ0n) is 10.2. The first-order valence-corrected chi connectivity index (χ1v) is 5.21. The molecule has 94 valence electrons. The number of esters is 1. The van der Waals surface area contributed by atoms with Crippen LogP contribution in [0.15, 0.2) is 18.2 Å². The summed E-state index contributed by atoms with van der Waals surface area (Å²) in [6.07, 6.45) is 0.